The first kappa shape index (κ1) is 43.5. The maximum absolute atomic E-state index is 13.1. The Labute approximate surface area is 345 Å². The Morgan fingerprint density at radius 2 is 1.73 bits per heavy atom. The summed E-state index contributed by atoms with van der Waals surface area (Å²) >= 11 is 0. The standard InChI is InChI=1S/C44H48F3N5O8/c1-27-7-16-37(41(55)50-27)52-42(56)34-15-14-33(24-35(34)43(52)57)60-20-19-59-18-17-51(2)39(53)22-29-5-4-6-30(21-29)25-49-40(54)36-23-31(38(58-3)26-48-36)11-8-28-9-12-32(13-10-28)44(45,46)47/h4-6,8,11,14-15,21,23-24,26,28,32,37H,1,7,9-10,12-13,16-20,22,25H2,2-3H3,(H,49,54)(H,50,55)/b11-8+. The van der Waals surface area contributed by atoms with Crippen LogP contribution in [0.3, 0.4) is 0 Å². The number of fused-ring (bicyclic) bond motifs is 1. The fourth-order valence-electron chi connectivity index (χ4n) is 7.46. The summed E-state index contributed by atoms with van der Waals surface area (Å²) in [6.45, 7) is 4.86. The molecule has 2 aromatic carbocycles. The smallest absolute Gasteiger partial charge is 0.391 e. The summed E-state index contributed by atoms with van der Waals surface area (Å²) in [5, 5.41) is 5.46. The minimum atomic E-state index is -4.17. The van der Waals surface area contributed by atoms with Crippen molar-refractivity contribution < 1.29 is 51.4 Å². The molecule has 1 saturated carbocycles. The molecule has 2 N–H and O–H groups in total. The zero-order chi connectivity index (χ0) is 43.0. The maximum atomic E-state index is 13.1. The van der Waals surface area contributed by atoms with Crippen LogP contribution in [0.25, 0.3) is 6.08 Å². The minimum Gasteiger partial charge on any atom is -0.495 e. The first-order chi connectivity index (χ1) is 28.7. The Kier molecular flexibility index (Phi) is 14.0. The molecule has 3 aliphatic rings. The van der Waals surface area contributed by atoms with E-state index in [1.807, 2.05) is 24.3 Å². The van der Waals surface area contributed by atoms with Crippen LogP contribution in [0.1, 0.15) is 86.4 Å². The van der Waals surface area contributed by atoms with E-state index >= 15 is 0 Å². The highest BCUT2D eigenvalue weighted by molar-refractivity contribution is 6.23. The van der Waals surface area contributed by atoms with Crippen LogP contribution in [0, 0.1) is 11.8 Å². The average Bonchev–Trinajstić information content (AvgIpc) is 3.47. The number of rotatable bonds is 16. The van der Waals surface area contributed by atoms with Crippen molar-refractivity contribution in [3.63, 3.8) is 0 Å². The number of alkyl halides is 3. The van der Waals surface area contributed by atoms with E-state index in [0.29, 0.717) is 55.0 Å². The maximum Gasteiger partial charge on any atom is 0.391 e. The summed E-state index contributed by atoms with van der Waals surface area (Å²) in [6.07, 6.45) is 2.90. The van der Waals surface area contributed by atoms with E-state index in [-0.39, 0.29) is 74.3 Å². The molecule has 318 valence electrons. The number of aromatic nitrogens is 1. The second-order valence-corrected chi connectivity index (χ2v) is 15.1. The second kappa shape index (κ2) is 19.4. The number of benzene rings is 2. The lowest BCUT2D eigenvalue weighted by Crippen LogP contribution is -2.51. The number of nitrogens with zero attached hydrogens (tertiary/aromatic N) is 3. The minimum absolute atomic E-state index is 0.000853. The van der Waals surface area contributed by atoms with Crippen molar-refractivity contribution in [3.8, 4) is 11.5 Å². The number of methoxy groups -OCH3 is 1. The molecule has 0 bridgehead atoms. The summed E-state index contributed by atoms with van der Waals surface area (Å²) in [6, 6.07) is 12.6. The van der Waals surface area contributed by atoms with Gasteiger partial charge < -0.3 is 29.7 Å². The molecule has 3 aromatic rings. The van der Waals surface area contributed by atoms with Gasteiger partial charge in [0.2, 0.25) is 11.8 Å². The van der Waals surface area contributed by atoms with Crippen LogP contribution < -0.4 is 20.1 Å². The molecule has 1 unspecified atom stereocenters. The second-order valence-electron chi connectivity index (χ2n) is 15.1. The van der Waals surface area contributed by atoms with Gasteiger partial charge in [0, 0.05) is 31.4 Å². The van der Waals surface area contributed by atoms with E-state index < -0.39 is 41.8 Å². The first-order valence-electron chi connectivity index (χ1n) is 19.8. The van der Waals surface area contributed by atoms with Crippen molar-refractivity contribution in [1.82, 2.24) is 25.4 Å². The van der Waals surface area contributed by atoms with E-state index in [9.17, 15) is 37.1 Å². The van der Waals surface area contributed by atoms with E-state index in [4.69, 9.17) is 14.2 Å². The highest BCUT2D eigenvalue weighted by Gasteiger charge is 2.44. The Hall–Kier alpha value is -6.03. The molecule has 13 nitrogen and oxygen atoms in total. The van der Waals surface area contributed by atoms with E-state index in [1.165, 1.54) is 25.4 Å². The number of piperidine rings is 1. The molecular formula is C44H48F3N5O8. The summed E-state index contributed by atoms with van der Waals surface area (Å²) in [7, 11) is 3.15. The summed E-state index contributed by atoms with van der Waals surface area (Å²) in [5.74, 6) is -2.50. The number of nitrogens with one attached hydrogen (secondary N) is 2. The molecule has 3 heterocycles. The molecule has 6 rings (SSSR count). The van der Waals surface area contributed by atoms with Crippen molar-refractivity contribution in [2.75, 3.05) is 40.5 Å². The van der Waals surface area contributed by atoms with Crippen molar-refractivity contribution >= 4 is 35.6 Å². The monoisotopic (exact) mass is 831 g/mol. The number of pyridine rings is 1. The lowest BCUT2D eigenvalue weighted by Gasteiger charge is -2.29. The molecule has 2 fully saturated rings. The number of halogens is 3. The van der Waals surface area contributed by atoms with Crippen molar-refractivity contribution in [2.24, 2.45) is 11.8 Å². The van der Waals surface area contributed by atoms with Gasteiger partial charge in [-0.25, -0.2) is 4.98 Å². The molecule has 60 heavy (non-hydrogen) atoms. The Morgan fingerprint density at radius 3 is 2.47 bits per heavy atom. The predicted octanol–water partition coefficient (Wildman–Crippen LogP) is 5.89. The molecule has 1 atom stereocenters. The highest BCUT2D eigenvalue weighted by Crippen LogP contribution is 2.40. The van der Waals surface area contributed by atoms with Crippen LogP contribution in [0.5, 0.6) is 11.5 Å². The molecule has 0 spiro atoms. The van der Waals surface area contributed by atoms with Gasteiger partial charge in [-0.3, -0.25) is 28.9 Å². The van der Waals surface area contributed by atoms with E-state index in [2.05, 4.69) is 22.2 Å². The molecule has 5 amide bonds. The lowest BCUT2D eigenvalue weighted by molar-refractivity contribution is -0.183. The summed E-state index contributed by atoms with van der Waals surface area (Å²) in [5.41, 5.74) is 3.23. The fourth-order valence-corrected chi connectivity index (χ4v) is 7.46. The lowest BCUT2D eigenvalue weighted by atomic mass is 9.81. The van der Waals surface area contributed by atoms with Gasteiger partial charge in [0.1, 0.15) is 29.8 Å². The third-order valence-electron chi connectivity index (χ3n) is 10.9. The summed E-state index contributed by atoms with van der Waals surface area (Å²) < 4.78 is 56.0. The average molecular weight is 832 g/mol. The van der Waals surface area contributed by atoms with Crippen LogP contribution in [0.15, 0.2) is 73.1 Å². The molecule has 1 aromatic heterocycles. The van der Waals surface area contributed by atoms with Crippen LogP contribution in [-0.4, -0.2) is 97.1 Å². The fraction of sp³-hybridized carbons (Fsp3) is 0.409. The number of hydrogen-bond donors (Lipinski definition) is 2. The zero-order valence-corrected chi connectivity index (χ0v) is 33.5. The molecule has 2 aliphatic heterocycles. The Bertz CT molecular complexity index is 2150. The molecule has 16 heteroatoms. The zero-order valence-electron chi connectivity index (χ0n) is 33.5. The first-order valence-corrected chi connectivity index (χ1v) is 19.8. The van der Waals surface area contributed by atoms with Gasteiger partial charge in [0.05, 0.1) is 50.0 Å². The number of amides is 5. The Balaban J connectivity index is 0.906. The molecule has 1 aliphatic carbocycles. The van der Waals surface area contributed by atoms with Crippen LogP contribution >= 0.6 is 0 Å². The number of ether oxygens (including phenoxy) is 3. The number of likely N-dealkylation sites (N-methyl/N-ethyl adjacent to an activating group) is 1. The normalized spacial score (nSPS) is 19.3. The van der Waals surface area contributed by atoms with Gasteiger partial charge in [0.15, 0.2) is 0 Å². The highest BCUT2D eigenvalue weighted by atomic mass is 19.4. The largest absolute Gasteiger partial charge is 0.495 e. The van der Waals surface area contributed by atoms with Crippen molar-refractivity contribution in [1.29, 1.82) is 0 Å². The number of carbonyl (C=O) groups is 5. The quantitative estimate of drug-likeness (QED) is 0.133. The van der Waals surface area contributed by atoms with Crippen LogP contribution in [-0.2, 0) is 27.3 Å². The van der Waals surface area contributed by atoms with Gasteiger partial charge in [-0.05, 0) is 79.8 Å². The topological polar surface area (TPSA) is 156 Å². The Morgan fingerprint density at radius 1 is 0.983 bits per heavy atom. The van der Waals surface area contributed by atoms with Gasteiger partial charge in [-0.2, -0.15) is 13.2 Å². The van der Waals surface area contributed by atoms with Gasteiger partial charge >= 0.3 is 6.18 Å². The van der Waals surface area contributed by atoms with Gasteiger partial charge in [-0.15, -0.1) is 0 Å². The molecular weight excluding hydrogens is 784 g/mol. The third-order valence-corrected chi connectivity index (χ3v) is 10.9. The predicted molar refractivity (Wildman–Crippen MR) is 214 cm³/mol. The van der Waals surface area contributed by atoms with E-state index in [1.54, 1.807) is 36.2 Å². The van der Waals surface area contributed by atoms with Crippen LogP contribution in [0.4, 0.5) is 13.2 Å². The number of hydrogen-bond acceptors (Lipinski definition) is 9. The van der Waals surface area contributed by atoms with Crippen LogP contribution in [0.2, 0.25) is 0 Å². The number of carbonyl (C=O) groups excluding carboxylic acids is 5. The van der Waals surface area contributed by atoms with Crippen molar-refractivity contribution in [2.45, 2.75) is 63.7 Å². The summed E-state index contributed by atoms with van der Waals surface area (Å²) in [4.78, 5) is 71.4. The number of allylic oxidation sites excluding steroid dienone is 2. The van der Waals surface area contributed by atoms with E-state index in [0.717, 1.165) is 16.0 Å². The SMILES string of the molecule is C=C1CCC(N2C(=O)c3ccc(OCCOCCN(C)C(=O)Cc4cccc(CNC(=O)c5cc(/C=C/C6CCC(C(F)(F)F)CC6)c(OC)cn5)c4)cc3C2=O)C(=O)N1. The molecule has 1 saturated heterocycles. The molecule has 0 radical (unpaired) electrons. The third kappa shape index (κ3) is 10.8. The van der Waals surface area contributed by atoms with Crippen molar-refractivity contribution in [3.05, 3.63) is 107 Å². The van der Waals surface area contributed by atoms with Gasteiger partial charge in [-0.1, -0.05) is 43.0 Å². The number of imide groups is 1. The van der Waals surface area contributed by atoms with Gasteiger partial charge in [0.25, 0.3) is 17.7 Å².